The van der Waals surface area contributed by atoms with Crippen molar-refractivity contribution in [3.63, 3.8) is 0 Å². The van der Waals surface area contributed by atoms with Gasteiger partial charge < -0.3 is 10.4 Å². The fourth-order valence-corrected chi connectivity index (χ4v) is 5.66. The van der Waals surface area contributed by atoms with Gasteiger partial charge in [0.05, 0.1) is 9.85 Å². The van der Waals surface area contributed by atoms with Crippen molar-refractivity contribution in [2.24, 2.45) is 0 Å². The second-order valence-corrected chi connectivity index (χ2v) is 12.6. The van der Waals surface area contributed by atoms with Gasteiger partial charge in [0.2, 0.25) is 5.82 Å². The molecule has 0 atom stereocenters. The number of para-hydroxylation sites is 1. The van der Waals surface area contributed by atoms with E-state index < -0.39 is 16.4 Å². The van der Waals surface area contributed by atoms with Crippen molar-refractivity contribution in [2.75, 3.05) is 5.73 Å². The molecule has 2 N–H and O–H groups in total. The Balaban J connectivity index is 0.000000298. The van der Waals surface area contributed by atoms with Gasteiger partial charge in [0, 0.05) is 29.8 Å². The number of rotatable bonds is 8. The normalized spacial score (nSPS) is 10.1. The molecule has 10 heteroatoms. The van der Waals surface area contributed by atoms with Crippen LogP contribution in [0.25, 0.3) is 22.3 Å². The van der Waals surface area contributed by atoms with E-state index in [1.165, 1.54) is 23.3 Å². The molecule has 0 amide bonds. The summed E-state index contributed by atoms with van der Waals surface area (Å²) >= 11 is 0. The summed E-state index contributed by atoms with van der Waals surface area (Å²) < 4.78 is 13.1. The summed E-state index contributed by atoms with van der Waals surface area (Å²) in [5, 5.41) is 22.2. The van der Waals surface area contributed by atoms with E-state index in [0.717, 1.165) is 39.6 Å². The molecule has 0 fully saturated rings. The average Bonchev–Trinajstić information content (AvgIpc) is 3.13. The smallest absolute Gasteiger partial charge is 1.00 e. The maximum atomic E-state index is 13.1. The Kier molecular flexibility index (Phi) is 18.4. The minimum Gasteiger partial charge on any atom is -1.00 e. The van der Waals surface area contributed by atoms with Crippen molar-refractivity contribution in [2.45, 2.75) is 46.0 Å². The van der Waals surface area contributed by atoms with E-state index in [-0.39, 0.29) is 66.7 Å². The van der Waals surface area contributed by atoms with Crippen molar-refractivity contribution >= 4 is 17.1 Å². The SMILES string of the molecule is CC(C)c1ccccc1Cc1ccc(-c2ccccc2)cc1[N+](=O)[O-].CC(C)c1ccccc1N.O=[N+]([O-])c1cc(-c2ccccc2)ccc1F.[F-].[K+]. The quantitative estimate of drug-likeness (QED) is 0.0921. The van der Waals surface area contributed by atoms with Crippen LogP contribution in [0.15, 0.2) is 146 Å². The number of nitro benzene ring substituents is 2. The van der Waals surface area contributed by atoms with Gasteiger partial charge in [-0.2, -0.15) is 4.39 Å². The molecule has 0 bridgehead atoms. The van der Waals surface area contributed by atoms with Crippen LogP contribution in [0.2, 0.25) is 0 Å². The zero-order valence-electron chi connectivity index (χ0n) is 30.6. The Bertz CT molecular complexity index is 2080. The molecule has 6 aromatic rings. The number of nitrogen functional groups attached to an aromatic ring is 1. The zero-order valence-corrected chi connectivity index (χ0v) is 33.7. The van der Waals surface area contributed by atoms with Gasteiger partial charge in [0.1, 0.15) is 0 Å². The van der Waals surface area contributed by atoms with Gasteiger partial charge in [-0.05, 0) is 62.9 Å². The maximum absolute atomic E-state index is 13.1. The summed E-state index contributed by atoms with van der Waals surface area (Å²) in [6, 6.07) is 44.5. The Labute approximate surface area is 352 Å². The number of nitrogens with two attached hydrogens (primary N) is 1. The molecular formula is C43H42F2KN3O4. The molecule has 7 nitrogen and oxygen atoms in total. The van der Waals surface area contributed by atoms with Gasteiger partial charge in [0.15, 0.2) is 0 Å². The van der Waals surface area contributed by atoms with Crippen LogP contribution in [0.4, 0.5) is 21.5 Å². The summed E-state index contributed by atoms with van der Waals surface area (Å²) in [6.07, 6.45) is 0.569. The van der Waals surface area contributed by atoms with Crippen LogP contribution in [0, 0.1) is 26.0 Å². The molecule has 0 aliphatic carbocycles. The van der Waals surface area contributed by atoms with Crippen LogP contribution in [-0.2, 0) is 6.42 Å². The third-order valence-corrected chi connectivity index (χ3v) is 8.32. The fourth-order valence-electron chi connectivity index (χ4n) is 5.66. The fraction of sp³-hybridized carbons (Fsp3) is 0.163. The number of hydrogen-bond donors (Lipinski definition) is 1. The third-order valence-electron chi connectivity index (χ3n) is 8.32. The Hall–Kier alpha value is -4.58. The molecule has 0 aromatic heterocycles. The van der Waals surface area contributed by atoms with Crippen molar-refractivity contribution in [1.29, 1.82) is 0 Å². The van der Waals surface area contributed by atoms with Crippen molar-refractivity contribution in [1.82, 2.24) is 0 Å². The molecule has 0 radical (unpaired) electrons. The summed E-state index contributed by atoms with van der Waals surface area (Å²) in [6.45, 7) is 8.58. The molecule has 0 aliphatic rings. The molecule has 268 valence electrons. The van der Waals surface area contributed by atoms with E-state index in [2.05, 4.69) is 45.9 Å². The maximum Gasteiger partial charge on any atom is 1.00 e. The van der Waals surface area contributed by atoms with Gasteiger partial charge in [0.25, 0.3) is 5.69 Å². The number of benzene rings is 6. The first-order chi connectivity index (χ1) is 24.5. The first-order valence-corrected chi connectivity index (χ1v) is 16.7. The third kappa shape index (κ3) is 12.8. The van der Waals surface area contributed by atoms with Gasteiger partial charge in [-0.1, -0.05) is 149 Å². The molecule has 6 rings (SSSR count). The van der Waals surface area contributed by atoms with Crippen LogP contribution in [0.1, 0.15) is 61.8 Å². The second kappa shape index (κ2) is 21.8. The predicted molar refractivity (Wildman–Crippen MR) is 205 cm³/mol. The molecule has 0 unspecified atom stereocenters. The monoisotopic (exact) mass is 741 g/mol. The van der Waals surface area contributed by atoms with Crippen LogP contribution < -0.4 is 61.8 Å². The Morgan fingerprint density at radius 3 is 1.45 bits per heavy atom. The molecule has 6 aromatic carbocycles. The molecule has 0 heterocycles. The van der Waals surface area contributed by atoms with Crippen molar-refractivity contribution in [3.05, 3.63) is 194 Å². The van der Waals surface area contributed by atoms with E-state index >= 15 is 0 Å². The molecule has 0 saturated heterocycles. The van der Waals surface area contributed by atoms with Crippen LogP contribution in [0.3, 0.4) is 0 Å². The predicted octanol–water partition coefficient (Wildman–Crippen LogP) is 5.78. The number of halogens is 2. The summed E-state index contributed by atoms with van der Waals surface area (Å²) in [5.74, 6) is 0.102. The van der Waals surface area contributed by atoms with Crippen molar-refractivity contribution < 1.29 is 70.3 Å². The van der Waals surface area contributed by atoms with Gasteiger partial charge in [-0.3, -0.25) is 20.2 Å². The van der Waals surface area contributed by atoms with E-state index in [0.29, 0.717) is 23.8 Å². The summed E-state index contributed by atoms with van der Waals surface area (Å²) in [4.78, 5) is 21.2. The number of nitrogens with zero attached hydrogens (tertiary/aromatic N) is 2. The molecular weight excluding hydrogens is 700 g/mol. The van der Waals surface area contributed by atoms with Gasteiger partial charge in [-0.25, -0.2) is 0 Å². The Morgan fingerprint density at radius 1 is 0.547 bits per heavy atom. The number of nitro groups is 2. The first kappa shape index (κ1) is 44.6. The average molecular weight is 742 g/mol. The van der Waals surface area contributed by atoms with E-state index in [1.807, 2.05) is 103 Å². The van der Waals surface area contributed by atoms with Gasteiger partial charge in [-0.15, -0.1) is 0 Å². The second-order valence-electron chi connectivity index (χ2n) is 12.6. The minimum absolute atomic E-state index is 0. The zero-order chi connectivity index (χ0) is 36.9. The standard InChI is InChI=1S/C22H21NO2.C12H8FNO2.C9H13N.FH.K/c1-16(2)21-11-7-6-10-19(21)14-20-13-12-18(15-22(20)23(24)25)17-8-4-3-5-9-17;13-11-7-6-10(8-12(11)14(15)16)9-4-2-1-3-5-9;1-7(2)8-5-3-4-6-9(8)10;;/h3-13,15-16H,14H2,1-2H3;1-8H;3-7H,10H2,1-2H3;1H;/q;;;;+1/p-1. The first-order valence-electron chi connectivity index (χ1n) is 16.7. The van der Waals surface area contributed by atoms with E-state index in [9.17, 15) is 24.6 Å². The summed E-state index contributed by atoms with van der Waals surface area (Å²) in [5.41, 5.74) is 14.0. The largest absolute Gasteiger partial charge is 1.00 e. The number of anilines is 1. The van der Waals surface area contributed by atoms with Gasteiger partial charge >= 0.3 is 57.1 Å². The summed E-state index contributed by atoms with van der Waals surface area (Å²) in [7, 11) is 0. The Morgan fingerprint density at radius 2 is 0.981 bits per heavy atom. The molecule has 53 heavy (non-hydrogen) atoms. The molecule has 0 aliphatic heterocycles. The van der Waals surface area contributed by atoms with Crippen LogP contribution in [-0.4, -0.2) is 9.85 Å². The molecule has 0 spiro atoms. The number of hydrogen-bond acceptors (Lipinski definition) is 5. The molecule has 0 saturated carbocycles. The van der Waals surface area contributed by atoms with Crippen molar-refractivity contribution in [3.8, 4) is 22.3 Å². The van der Waals surface area contributed by atoms with E-state index in [4.69, 9.17) is 5.73 Å². The topological polar surface area (TPSA) is 112 Å². The minimum atomic E-state index is -0.815. The van der Waals surface area contributed by atoms with Crippen LogP contribution in [0.5, 0.6) is 0 Å². The van der Waals surface area contributed by atoms with Crippen LogP contribution >= 0.6 is 0 Å². The van der Waals surface area contributed by atoms with E-state index in [1.54, 1.807) is 6.07 Å².